The van der Waals surface area contributed by atoms with Crippen molar-refractivity contribution in [3.05, 3.63) is 51.5 Å². The summed E-state index contributed by atoms with van der Waals surface area (Å²) in [6, 6.07) is 7.83. The molecule has 20 heavy (non-hydrogen) atoms. The SMILES string of the molecule is N#Cc1ccc(OCc2sccc2C#CCN)cc1F. The lowest BCUT2D eigenvalue weighted by molar-refractivity contribution is 0.308. The highest BCUT2D eigenvalue weighted by Crippen LogP contribution is 2.21. The molecule has 0 atom stereocenters. The van der Waals surface area contributed by atoms with Gasteiger partial charge in [0.25, 0.3) is 0 Å². The van der Waals surface area contributed by atoms with E-state index in [4.69, 9.17) is 15.7 Å². The van der Waals surface area contributed by atoms with E-state index in [-0.39, 0.29) is 5.56 Å². The molecule has 0 aliphatic heterocycles. The molecule has 0 radical (unpaired) electrons. The minimum atomic E-state index is -0.584. The van der Waals surface area contributed by atoms with Crippen LogP contribution in [0.2, 0.25) is 0 Å². The second-order valence-electron chi connectivity index (χ2n) is 3.81. The highest BCUT2D eigenvalue weighted by molar-refractivity contribution is 7.10. The fourth-order valence-corrected chi connectivity index (χ4v) is 2.28. The van der Waals surface area contributed by atoms with Crippen molar-refractivity contribution in [1.82, 2.24) is 0 Å². The zero-order valence-corrected chi connectivity index (χ0v) is 11.3. The van der Waals surface area contributed by atoms with E-state index >= 15 is 0 Å². The Morgan fingerprint density at radius 2 is 2.15 bits per heavy atom. The van der Waals surface area contributed by atoms with Crippen LogP contribution in [0.25, 0.3) is 0 Å². The lowest BCUT2D eigenvalue weighted by atomic mass is 10.2. The van der Waals surface area contributed by atoms with Gasteiger partial charge in [0.05, 0.1) is 17.0 Å². The normalized spacial score (nSPS) is 9.45. The molecule has 0 saturated heterocycles. The van der Waals surface area contributed by atoms with Crippen LogP contribution in [0.1, 0.15) is 16.0 Å². The number of hydrogen-bond donors (Lipinski definition) is 1. The van der Waals surface area contributed by atoms with Crippen molar-refractivity contribution in [1.29, 1.82) is 5.26 Å². The maximum absolute atomic E-state index is 13.4. The van der Waals surface area contributed by atoms with Gasteiger partial charge >= 0.3 is 0 Å². The van der Waals surface area contributed by atoms with Crippen LogP contribution in [0, 0.1) is 29.0 Å². The maximum Gasteiger partial charge on any atom is 0.144 e. The zero-order chi connectivity index (χ0) is 14.4. The number of nitrogens with zero attached hydrogens (tertiary/aromatic N) is 1. The minimum Gasteiger partial charge on any atom is -0.488 e. The molecule has 3 nitrogen and oxygen atoms in total. The van der Waals surface area contributed by atoms with Crippen molar-refractivity contribution in [3.8, 4) is 23.7 Å². The number of halogens is 1. The van der Waals surface area contributed by atoms with Crippen LogP contribution in [0.4, 0.5) is 4.39 Å². The summed E-state index contributed by atoms with van der Waals surface area (Å²) >= 11 is 1.52. The average Bonchev–Trinajstić information content (AvgIpc) is 2.90. The Bertz CT molecular complexity index is 707. The number of rotatable bonds is 3. The average molecular weight is 286 g/mol. The molecule has 2 rings (SSSR count). The summed E-state index contributed by atoms with van der Waals surface area (Å²) in [5, 5.41) is 10.6. The molecule has 100 valence electrons. The Kier molecular flexibility index (Phi) is 4.73. The summed E-state index contributed by atoms with van der Waals surface area (Å²) in [6.07, 6.45) is 0. The molecule has 0 aliphatic carbocycles. The first-order valence-corrected chi connectivity index (χ1v) is 6.70. The van der Waals surface area contributed by atoms with Crippen LogP contribution in [0.3, 0.4) is 0 Å². The van der Waals surface area contributed by atoms with E-state index in [0.717, 1.165) is 10.4 Å². The molecule has 0 saturated carbocycles. The van der Waals surface area contributed by atoms with Crippen LogP contribution in [0.5, 0.6) is 5.75 Å². The van der Waals surface area contributed by atoms with E-state index in [9.17, 15) is 4.39 Å². The van der Waals surface area contributed by atoms with Gasteiger partial charge in [-0.25, -0.2) is 4.39 Å². The van der Waals surface area contributed by atoms with Crippen molar-refractivity contribution in [2.45, 2.75) is 6.61 Å². The predicted octanol–water partition coefficient (Wildman–Crippen LogP) is 2.65. The third kappa shape index (κ3) is 3.36. The Labute approximate surface area is 120 Å². The Morgan fingerprint density at radius 1 is 1.30 bits per heavy atom. The first kappa shape index (κ1) is 14.1. The molecule has 0 amide bonds. The summed E-state index contributed by atoms with van der Waals surface area (Å²) in [5.74, 6) is 5.54. The van der Waals surface area contributed by atoms with Crippen LogP contribution < -0.4 is 10.5 Å². The summed E-state index contributed by atoms with van der Waals surface area (Å²) in [4.78, 5) is 0.954. The first-order valence-electron chi connectivity index (χ1n) is 5.82. The third-order valence-electron chi connectivity index (χ3n) is 2.50. The van der Waals surface area contributed by atoms with Gasteiger partial charge in [-0.2, -0.15) is 5.26 Å². The van der Waals surface area contributed by atoms with Gasteiger partial charge in [-0.05, 0) is 23.6 Å². The van der Waals surface area contributed by atoms with E-state index in [1.54, 1.807) is 12.1 Å². The van der Waals surface area contributed by atoms with Gasteiger partial charge < -0.3 is 10.5 Å². The molecule has 0 aliphatic rings. The van der Waals surface area contributed by atoms with E-state index in [2.05, 4.69) is 11.8 Å². The van der Waals surface area contributed by atoms with Gasteiger partial charge in [0.2, 0.25) is 0 Å². The fraction of sp³-hybridized carbons (Fsp3) is 0.133. The maximum atomic E-state index is 13.4. The van der Waals surface area contributed by atoms with E-state index in [1.807, 2.05) is 11.4 Å². The highest BCUT2D eigenvalue weighted by Gasteiger charge is 2.06. The lowest BCUT2D eigenvalue weighted by Crippen LogP contribution is -1.97. The molecule has 1 aromatic heterocycles. The summed E-state index contributed by atoms with van der Waals surface area (Å²) in [5.41, 5.74) is 6.21. The molecule has 2 N–H and O–H groups in total. The summed E-state index contributed by atoms with van der Waals surface area (Å²) in [6.45, 7) is 0.606. The van der Waals surface area contributed by atoms with Gasteiger partial charge in [-0.1, -0.05) is 11.8 Å². The zero-order valence-electron chi connectivity index (χ0n) is 10.5. The largest absolute Gasteiger partial charge is 0.488 e. The molecular formula is C15H11FN2OS. The van der Waals surface area contributed by atoms with Crippen molar-refractivity contribution in [3.63, 3.8) is 0 Å². The molecule has 5 heteroatoms. The molecule has 0 fully saturated rings. The first-order chi connectivity index (χ1) is 9.74. The molecule has 1 aromatic carbocycles. The van der Waals surface area contributed by atoms with Gasteiger partial charge in [0.15, 0.2) is 0 Å². The number of hydrogen-bond acceptors (Lipinski definition) is 4. The van der Waals surface area contributed by atoms with Gasteiger partial charge in [0, 0.05) is 11.6 Å². The molecule has 2 aromatic rings. The van der Waals surface area contributed by atoms with Gasteiger partial charge in [-0.3, -0.25) is 0 Å². The van der Waals surface area contributed by atoms with Gasteiger partial charge in [0.1, 0.15) is 24.2 Å². The Balaban J connectivity index is 2.08. The van der Waals surface area contributed by atoms with E-state index in [1.165, 1.54) is 23.5 Å². The summed E-state index contributed by atoms with van der Waals surface area (Å²) < 4.78 is 18.9. The number of thiophene rings is 1. The molecular weight excluding hydrogens is 275 g/mol. The standard InChI is InChI=1S/C15H11FN2OS/c16-14-8-13(4-3-12(14)9-18)19-10-15-11(2-1-6-17)5-7-20-15/h3-5,7-8H,6,10,17H2. The van der Waals surface area contributed by atoms with Crippen molar-refractivity contribution in [2.24, 2.45) is 5.73 Å². The number of nitriles is 1. The third-order valence-corrected chi connectivity index (χ3v) is 3.40. The number of benzene rings is 1. The monoisotopic (exact) mass is 286 g/mol. The van der Waals surface area contributed by atoms with Crippen molar-refractivity contribution in [2.75, 3.05) is 6.54 Å². The van der Waals surface area contributed by atoms with Crippen LogP contribution in [0.15, 0.2) is 29.6 Å². The quantitative estimate of drug-likeness (QED) is 0.882. The van der Waals surface area contributed by atoms with E-state index < -0.39 is 5.82 Å². The number of nitrogens with two attached hydrogens (primary N) is 1. The lowest BCUT2D eigenvalue weighted by Gasteiger charge is -2.05. The molecule has 0 unspecified atom stereocenters. The molecule has 1 heterocycles. The van der Waals surface area contributed by atoms with E-state index in [0.29, 0.717) is 18.9 Å². The van der Waals surface area contributed by atoms with Crippen LogP contribution in [-0.2, 0) is 6.61 Å². The predicted molar refractivity (Wildman–Crippen MR) is 75.7 cm³/mol. The minimum absolute atomic E-state index is 0.00275. The van der Waals surface area contributed by atoms with Crippen LogP contribution >= 0.6 is 11.3 Å². The Hall–Kier alpha value is -2.34. The second-order valence-corrected chi connectivity index (χ2v) is 4.81. The second kappa shape index (κ2) is 6.72. The molecule has 0 bridgehead atoms. The number of ether oxygens (including phenoxy) is 1. The fourth-order valence-electron chi connectivity index (χ4n) is 1.54. The van der Waals surface area contributed by atoms with Crippen molar-refractivity contribution < 1.29 is 9.13 Å². The summed E-state index contributed by atoms with van der Waals surface area (Å²) in [7, 11) is 0. The smallest absolute Gasteiger partial charge is 0.144 e. The Morgan fingerprint density at radius 3 is 2.85 bits per heavy atom. The van der Waals surface area contributed by atoms with Crippen molar-refractivity contribution >= 4 is 11.3 Å². The molecule has 0 spiro atoms. The van der Waals surface area contributed by atoms with Crippen LogP contribution in [-0.4, -0.2) is 6.54 Å². The highest BCUT2D eigenvalue weighted by atomic mass is 32.1. The topological polar surface area (TPSA) is 59.0 Å². The van der Waals surface area contributed by atoms with Gasteiger partial charge in [-0.15, -0.1) is 11.3 Å².